The zero-order valence-corrected chi connectivity index (χ0v) is 14.6. The van der Waals surface area contributed by atoms with Gasteiger partial charge in [-0.2, -0.15) is 17.9 Å². The average Bonchev–Trinajstić information content (AvgIpc) is 3.02. The van der Waals surface area contributed by atoms with E-state index in [-0.39, 0.29) is 0 Å². The van der Waals surface area contributed by atoms with Crippen LogP contribution in [0.15, 0.2) is 0 Å². The quantitative estimate of drug-likeness (QED) is 0.725. The Labute approximate surface area is 137 Å². The summed E-state index contributed by atoms with van der Waals surface area (Å²) in [6, 6.07) is -1.84. The van der Waals surface area contributed by atoms with Crippen molar-refractivity contribution in [2.75, 3.05) is 7.11 Å². The molecule has 1 N–H and O–H groups in total. The molecule has 1 fully saturated rings. The molecule has 7 nitrogen and oxygen atoms in total. The van der Waals surface area contributed by atoms with Crippen molar-refractivity contribution in [3.8, 4) is 0 Å². The number of sulfonamides is 1. The Balaban J connectivity index is 3.11. The number of nitrogens with one attached hydrogen (secondary N) is 1. The average molecular weight is 375 g/mol. The van der Waals surface area contributed by atoms with Crippen LogP contribution in [0.4, 0.5) is 13.2 Å². The number of ether oxygens (including phenoxy) is 2. The summed E-state index contributed by atoms with van der Waals surface area (Å²) >= 11 is 0. The summed E-state index contributed by atoms with van der Waals surface area (Å²) in [5.74, 6) is -4.32. The summed E-state index contributed by atoms with van der Waals surface area (Å²) in [7, 11) is -4.69. The normalized spacial score (nSPS) is 25.8. The van der Waals surface area contributed by atoms with E-state index in [0.29, 0.717) is 0 Å². The molecule has 140 valence electrons. The molecule has 1 rings (SSSR count). The van der Waals surface area contributed by atoms with Crippen molar-refractivity contribution >= 4 is 22.0 Å². The highest BCUT2D eigenvalue weighted by Gasteiger charge is 2.61. The van der Waals surface area contributed by atoms with Crippen LogP contribution in [0.3, 0.4) is 0 Å². The number of methoxy groups -OCH3 is 1. The van der Waals surface area contributed by atoms with Crippen LogP contribution in [0.25, 0.3) is 0 Å². The van der Waals surface area contributed by atoms with Crippen LogP contribution in [0.1, 0.15) is 27.7 Å². The maximum Gasteiger partial charge on any atom is 0.511 e. The number of carbonyl (C=O) groups is 2. The van der Waals surface area contributed by atoms with E-state index in [9.17, 15) is 31.2 Å². The summed E-state index contributed by atoms with van der Waals surface area (Å²) in [5, 5.41) is 0. The molecular formula is C13H20F3NO6S. The second kappa shape index (κ2) is 6.51. The molecule has 0 unspecified atom stereocenters. The van der Waals surface area contributed by atoms with E-state index in [0.717, 1.165) is 7.11 Å². The lowest BCUT2D eigenvalue weighted by atomic mass is 10.1. The fourth-order valence-corrected chi connectivity index (χ4v) is 3.12. The molecule has 0 aromatic carbocycles. The maximum absolute atomic E-state index is 12.6. The number of alkyl halides is 3. The lowest BCUT2D eigenvalue weighted by Crippen LogP contribution is -2.50. The first-order valence-corrected chi connectivity index (χ1v) is 8.50. The Morgan fingerprint density at radius 3 is 2.04 bits per heavy atom. The fourth-order valence-electron chi connectivity index (χ4n) is 2.40. The molecule has 0 aromatic heterocycles. The van der Waals surface area contributed by atoms with Crippen molar-refractivity contribution in [2.45, 2.75) is 44.8 Å². The van der Waals surface area contributed by atoms with Crippen LogP contribution in [0.2, 0.25) is 0 Å². The molecule has 0 saturated heterocycles. The van der Waals surface area contributed by atoms with Crippen LogP contribution < -0.4 is 4.72 Å². The molecule has 0 radical (unpaired) electrons. The summed E-state index contributed by atoms with van der Waals surface area (Å²) in [5.41, 5.74) is -6.63. The lowest BCUT2D eigenvalue weighted by molar-refractivity contribution is -0.157. The van der Waals surface area contributed by atoms with E-state index < -0.39 is 56.9 Å². The third-order valence-corrected chi connectivity index (χ3v) is 4.73. The Morgan fingerprint density at radius 1 is 1.17 bits per heavy atom. The van der Waals surface area contributed by atoms with E-state index in [2.05, 4.69) is 4.74 Å². The fraction of sp³-hybridized carbons (Fsp3) is 0.846. The Morgan fingerprint density at radius 2 is 1.67 bits per heavy atom. The van der Waals surface area contributed by atoms with E-state index in [1.54, 1.807) is 0 Å². The highest BCUT2D eigenvalue weighted by Crippen LogP contribution is 2.49. The van der Waals surface area contributed by atoms with Gasteiger partial charge in [0, 0.05) is 5.92 Å². The zero-order valence-electron chi connectivity index (χ0n) is 13.8. The minimum Gasteiger partial charge on any atom is -0.469 e. The number of hydrogen-bond donors (Lipinski definition) is 1. The van der Waals surface area contributed by atoms with Crippen molar-refractivity contribution in [2.24, 2.45) is 17.8 Å². The van der Waals surface area contributed by atoms with E-state index in [1.165, 1.54) is 32.4 Å². The third-order valence-electron chi connectivity index (χ3n) is 3.55. The first-order valence-electron chi connectivity index (χ1n) is 7.01. The van der Waals surface area contributed by atoms with Gasteiger partial charge in [-0.15, -0.1) is 0 Å². The molecule has 24 heavy (non-hydrogen) atoms. The molecule has 0 aliphatic heterocycles. The minimum atomic E-state index is -5.78. The molecule has 1 aliphatic rings. The number of carbonyl (C=O) groups excluding carboxylic acids is 2. The molecule has 1 aliphatic carbocycles. The van der Waals surface area contributed by atoms with E-state index >= 15 is 0 Å². The van der Waals surface area contributed by atoms with Crippen molar-refractivity contribution in [3.05, 3.63) is 0 Å². The van der Waals surface area contributed by atoms with Gasteiger partial charge in [-0.1, -0.05) is 6.92 Å². The van der Waals surface area contributed by atoms with Crippen LogP contribution >= 0.6 is 0 Å². The van der Waals surface area contributed by atoms with E-state index in [4.69, 9.17) is 4.74 Å². The summed E-state index contributed by atoms with van der Waals surface area (Å²) in [6.07, 6.45) is 0. The SMILES string of the molecule is COC(=O)[C@H]1[C@H](C)[C@@H]1[C@H](NS(=O)(=O)C(F)(F)F)C(=O)OC(C)(C)C. The second-order valence-corrected chi connectivity index (χ2v) is 8.27. The minimum absolute atomic E-state index is 0.536. The van der Waals surface area contributed by atoms with Gasteiger partial charge in [0.1, 0.15) is 11.6 Å². The van der Waals surface area contributed by atoms with Crippen LogP contribution in [0, 0.1) is 17.8 Å². The van der Waals surface area contributed by atoms with Gasteiger partial charge in [0.15, 0.2) is 0 Å². The van der Waals surface area contributed by atoms with Gasteiger partial charge in [-0.05, 0) is 26.7 Å². The van der Waals surface area contributed by atoms with Gasteiger partial charge < -0.3 is 9.47 Å². The molecule has 4 atom stereocenters. The topological polar surface area (TPSA) is 98.8 Å². The summed E-state index contributed by atoms with van der Waals surface area (Å²) in [4.78, 5) is 23.8. The molecule has 0 aromatic rings. The molecule has 11 heteroatoms. The van der Waals surface area contributed by atoms with Crippen LogP contribution in [0.5, 0.6) is 0 Å². The Bertz CT molecular complexity index is 610. The second-order valence-electron chi connectivity index (χ2n) is 6.56. The van der Waals surface area contributed by atoms with Gasteiger partial charge >= 0.3 is 27.5 Å². The number of halogens is 3. The number of rotatable bonds is 5. The molecule has 0 spiro atoms. The molecular weight excluding hydrogens is 355 g/mol. The Kier molecular flexibility index (Phi) is 5.61. The number of hydrogen-bond acceptors (Lipinski definition) is 6. The van der Waals surface area contributed by atoms with Crippen molar-refractivity contribution in [1.29, 1.82) is 0 Å². The molecule has 0 bridgehead atoms. The number of esters is 2. The summed E-state index contributed by atoms with van der Waals surface area (Å²) < 4.78 is 71.3. The van der Waals surface area contributed by atoms with Crippen molar-refractivity contribution in [1.82, 2.24) is 4.72 Å². The highest BCUT2D eigenvalue weighted by atomic mass is 32.2. The summed E-state index contributed by atoms with van der Waals surface area (Å²) in [6.45, 7) is 5.95. The predicted molar refractivity (Wildman–Crippen MR) is 75.9 cm³/mol. The molecule has 1 saturated carbocycles. The third kappa shape index (κ3) is 4.59. The molecule has 0 amide bonds. The Hall–Kier alpha value is -1.36. The monoisotopic (exact) mass is 375 g/mol. The smallest absolute Gasteiger partial charge is 0.469 e. The lowest BCUT2D eigenvalue weighted by Gasteiger charge is -2.25. The van der Waals surface area contributed by atoms with Crippen LogP contribution in [-0.2, 0) is 29.1 Å². The van der Waals surface area contributed by atoms with E-state index in [1.807, 2.05) is 0 Å². The van der Waals surface area contributed by atoms with Gasteiger partial charge in [-0.25, -0.2) is 8.42 Å². The van der Waals surface area contributed by atoms with Crippen molar-refractivity contribution < 1.29 is 40.7 Å². The van der Waals surface area contributed by atoms with Gasteiger partial charge in [0.25, 0.3) is 0 Å². The zero-order chi connectivity index (χ0) is 19.1. The maximum atomic E-state index is 12.6. The standard InChI is InChI=1S/C13H20F3NO6S/c1-6-7(8(6)10(18)22-5)9(11(19)23-12(2,3)4)17-24(20,21)13(14,15)16/h6-9,17H,1-5H3/t6-,7+,8+,9+/m1/s1. The largest absolute Gasteiger partial charge is 0.511 e. The van der Waals surface area contributed by atoms with Gasteiger partial charge in [0.05, 0.1) is 13.0 Å². The van der Waals surface area contributed by atoms with Gasteiger partial charge in [0.2, 0.25) is 0 Å². The van der Waals surface area contributed by atoms with Crippen molar-refractivity contribution in [3.63, 3.8) is 0 Å². The van der Waals surface area contributed by atoms with Crippen LogP contribution in [-0.4, -0.2) is 44.6 Å². The first-order chi connectivity index (χ1) is 10.6. The highest BCUT2D eigenvalue weighted by molar-refractivity contribution is 7.90. The van der Waals surface area contributed by atoms with Gasteiger partial charge in [-0.3, -0.25) is 9.59 Å². The molecule has 0 heterocycles. The predicted octanol–water partition coefficient (Wildman–Crippen LogP) is 1.19. The first kappa shape index (κ1) is 20.7.